The van der Waals surface area contributed by atoms with Crippen molar-refractivity contribution in [2.24, 2.45) is 0 Å². The second-order valence-electron chi connectivity index (χ2n) is 8.57. The molecule has 0 spiro atoms. The van der Waals surface area contributed by atoms with Crippen molar-refractivity contribution in [1.82, 2.24) is 4.98 Å². The first-order valence-electron chi connectivity index (χ1n) is 10.7. The number of ketones is 2. The molecule has 160 valence electrons. The van der Waals surface area contributed by atoms with Gasteiger partial charge >= 0.3 is 0 Å². The van der Waals surface area contributed by atoms with Crippen LogP contribution in [-0.4, -0.2) is 16.6 Å². The molecule has 0 fully saturated rings. The molecule has 1 aliphatic carbocycles. The fourth-order valence-corrected chi connectivity index (χ4v) is 5.90. The van der Waals surface area contributed by atoms with E-state index in [2.05, 4.69) is 37.9 Å². The fraction of sp³-hybridized carbons (Fsp3) is 0.107. The molecule has 0 aliphatic heterocycles. The molecule has 5 aromatic rings. The maximum Gasteiger partial charge on any atom is 0.221 e. The molecular weight excluding hydrogens is 430 g/mol. The molecule has 5 heteroatoms. The number of carbonyl (C=O) groups is 2. The van der Waals surface area contributed by atoms with Gasteiger partial charge in [-0.25, -0.2) is 0 Å². The molecule has 0 N–H and O–H groups in total. The third kappa shape index (κ3) is 3.08. The Kier molecular flexibility index (Phi) is 4.26. The third-order valence-electron chi connectivity index (χ3n) is 6.16. The predicted molar refractivity (Wildman–Crippen MR) is 132 cm³/mol. The van der Waals surface area contributed by atoms with Crippen molar-refractivity contribution in [3.05, 3.63) is 93.9 Å². The summed E-state index contributed by atoms with van der Waals surface area (Å²) in [5, 5.41) is 1.87. The largest absolute Gasteiger partial charge is 0.436 e. The molecule has 0 atom stereocenters. The molecule has 3 aromatic carbocycles. The monoisotopic (exact) mass is 449 g/mol. The molecular formula is C28H19NO3S. The molecule has 2 aromatic heterocycles. The van der Waals surface area contributed by atoms with Crippen LogP contribution in [0.5, 0.6) is 0 Å². The van der Waals surface area contributed by atoms with Gasteiger partial charge in [0.05, 0.1) is 5.57 Å². The molecule has 0 amide bonds. The average molecular weight is 450 g/mol. The Bertz CT molecular complexity index is 1570. The Morgan fingerprint density at radius 1 is 0.848 bits per heavy atom. The van der Waals surface area contributed by atoms with Crippen LogP contribution in [0.1, 0.15) is 43.3 Å². The van der Waals surface area contributed by atoms with Crippen molar-refractivity contribution in [3.8, 4) is 10.4 Å². The fourth-order valence-electron chi connectivity index (χ4n) is 4.77. The molecule has 0 bridgehead atoms. The maximum atomic E-state index is 13.0. The summed E-state index contributed by atoms with van der Waals surface area (Å²) in [6, 6.07) is 17.6. The molecule has 2 heterocycles. The minimum Gasteiger partial charge on any atom is -0.436 e. The van der Waals surface area contributed by atoms with E-state index in [0.717, 1.165) is 20.5 Å². The molecule has 0 radical (unpaired) electrons. The zero-order chi connectivity index (χ0) is 22.9. The number of aromatic nitrogens is 1. The number of nitrogens with zero attached hydrogens (tertiary/aromatic N) is 1. The van der Waals surface area contributed by atoms with Crippen LogP contribution >= 0.6 is 11.3 Å². The van der Waals surface area contributed by atoms with Crippen molar-refractivity contribution in [3.63, 3.8) is 0 Å². The number of carbonyl (C=O) groups excluding carboxylic acids is 2. The summed E-state index contributed by atoms with van der Waals surface area (Å²) in [4.78, 5) is 32.4. The molecule has 1 aliphatic rings. The molecule has 0 saturated carbocycles. The van der Waals surface area contributed by atoms with Gasteiger partial charge in [-0.2, -0.15) is 4.98 Å². The Labute approximate surface area is 194 Å². The van der Waals surface area contributed by atoms with E-state index in [4.69, 9.17) is 4.42 Å². The smallest absolute Gasteiger partial charge is 0.221 e. The first-order valence-corrected chi connectivity index (χ1v) is 11.5. The lowest BCUT2D eigenvalue weighted by molar-refractivity contribution is 0.0990. The quantitative estimate of drug-likeness (QED) is 0.213. The van der Waals surface area contributed by atoms with Crippen LogP contribution in [0.2, 0.25) is 0 Å². The number of hydrogen-bond donors (Lipinski definition) is 0. The van der Waals surface area contributed by atoms with Crippen LogP contribution in [0.4, 0.5) is 0 Å². The lowest BCUT2D eigenvalue weighted by Crippen LogP contribution is -2.00. The van der Waals surface area contributed by atoms with Crippen LogP contribution in [0, 0.1) is 20.8 Å². The highest BCUT2D eigenvalue weighted by Crippen LogP contribution is 2.38. The molecule has 33 heavy (non-hydrogen) atoms. The highest BCUT2D eigenvalue weighted by atomic mass is 32.1. The summed E-state index contributed by atoms with van der Waals surface area (Å²) in [6.07, 6.45) is 1.48. The van der Waals surface area contributed by atoms with Gasteiger partial charge in [-0.3, -0.25) is 9.59 Å². The Balaban J connectivity index is 1.39. The van der Waals surface area contributed by atoms with Gasteiger partial charge in [0.15, 0.2) is 22.0 Å². The SMILES string of the molecule is Cc1cc(C)c(-c2cc3oc(C=C4C(=O)c5cc6ccccc6cc5C4=O)nc3s2)c(C)c1. The Hall–Kier alpha value is -3.83. The maximum absolute atomic E-state index is 13.0. The zero-order valence-corrected chi connectivity index (χ0v) is 19.2. The number of hydrogen-bond acceptors (Lipinski definition) is 5. The molecule has 0 unspecified atom stereocenters. The number of Topliss-reactive ketones (excluding diaryl/α,β-unsaturated/α-hetero) is 2. The second kappa shape index (κ2) is 7.09. The van der Waals surface area contributed by atoms with Crippen molar-refractivity contribution in [1.29, 1.82) is 0 Å². The van der Waals surface area contributed by atoms with Crippen LogP contribution in [-0.2, 0) is 0 Å². The highest BCUT2D eigenvalue weighted by molar-refractivity contribution is 7.21. The van der Waals surface area contributed by atoms with Crippen molar-refractivity contribution in [2.45, 2.75) is 20.8 Å². The predicted octanol–water partition coefficient (Wildman–Crippen LogP) is 7.10. The van der Waals surface area contributed by atoms with Crippen LogP contribution in [0.3, 0.4) is 0 Å². The van der Waals surface area contributed by atoms with Crippen LogP contribution in [0.25, 0.3) is 37.7 Å². The van der Waals surface area contributed by atoms with Gasteiger partial charge in [-0.1, -0.05) is 42.0 Å². The van der Waals surface area contributed by atoms with Crippen molar-refractivity contribution in [2.75, 3.05) is 0 Å². The third-order valence-corrected chi connectivity index (χ3v) is 7.19. The molecule has 0 saturated heterocycles. The van der Waals surface area contributed by atoms with Crippen molar-refractivity contribution < 1.29 is 14.0 Å². The van der Waals surface area contributed by atoms with Gasteiger partial charge in [0.1, 0.15) is 0 Å². The molecule has 6 rings (SSSR count). The minimum absolute atomic E-state index is 0.0969. The summed E-state index contributed by atoms with van der Waals surface area (Å²) in [7, 11) is 0. The minimum atomic E-state index is -0.283. The number of thiophene rings is 1. The van der Waals surface area contributed by atoms with E-state index >= 15 is 0 Å². The normalized spacial score (nSPS) is 13.4. The lowest BCUT2D eigenvalue weighted by atomic mass is 9.99. The summed E-state index contributed by atoms with van der Waals surface area (Å²) >= 11 is 1.55. The van der Waals surface area contributed by atoms with E-state index in [1.165, 1.54) is 28.3 Å². The molecule has 4 nitrogen and oxygen atoms in total. The second-order valence-corrected chi connectivity index (χ2v) is 9.60. The Morgan fingerprint density at radius 3 is 2.03 bits per heavy atom. The first kappa shape index (κ1) is 19.8. The highest BCUT2D eigenvalue weighted by Gasteiger charge is 2.34. The van der Waals surface area contributed by atoms with E-state index in [1.54, 1.807) is 23.5 Å². The van der Waals surface area contributed by atoms with E-state index in [0.29, 0.717) is 16.7 Å². The van der Waals surface area contributed by atoms with Crippen LogP contribution < -0.4 is 0 Å². The Morgan fingerprint density at radius 2 is 1.45 bits per heavy atom. The standard InChI is InChI=1S/C28H19NO3S/c1-14-8-15(2)25(16(3)9-14)23-13-22-28(33-23)29-24(32-22)12-21-26(30)19-10-17-6-4-5-7-18(17)11-20(19)27(21)31/h4-13H,1-3H3. The number of allylic oxidation sites excluding steroid dienone is 1. The summed E-state index contributed by atoms with van der Waals surface area (Å²) in [6.45, 7) is 6.31. The van der Waals surface area contributed by atoms with Gasteiger partial charge < -0.3 is 4.42 Å². The average Bonchev–Trinajstić information content (AvgIpc) is 3.39. The van der Waals surface area contributed by atoms with Crippen LogP contribution in [0.15, 0.2) is 64.6 Å². The topological polar surface area (TPSA) is 60.2 Å². The van der Waals surface area contributed by atoms with Gasteiger partial charge in [0.2, 0.25) is 5.89 Å². The van der Waals surface area contributed by atoms with Crippen molar-refractivity contribution >= 4 is 50.2 Å². The summed E-state index contributed by atoms with van der Waals surface area (Å²) in [5.74, 6) is -0.294. The van der Waals surface area contributed by atoms with Gasteiger partial charge in [0, 0.05) is 28.1 Å². The number of aryl methyl sites for hydroxylation is 3. The first-order chi connectivity index (χ1) is 15.9. The van der Waals surface area contributed by atoms with Gasteiger partial charge in [-0.05, 0) is 60.4 Å². The van der Waals surface area contributed by atoms with Gasteiger partial charge in [0.25, 0.3) is 0 Å². The number of oxazole rings is 1. The number of fused-ring (bicyclic) bond motifs is 3. The summed E-state index contributed by atoms with van der Waals surface area (Å²) in [5.41, 5.74) is 6.49. The zero-order valence-electron chi connectivity index (χ0n) is 18.4. The lowest BCUT2D eigenvalue weighted by Gasteiger charge is -2.09. The van der Waals surface area contributed by atoms with E-state index in [9.17, 15) is 9.59 Å². The van der Waals surface area contributed by atoms with Gasteiger partial charge in [-0.15, -0.1) is 11.3 Å². The van der Waals surface area contributed by atoms with E-state index in [-0.39, 0.29) is 23.0 Å². The van der Waals surface area contributed by atoms with E-state index in [1.807, 2.05) is 30.3 Å². The summed E-state index contributed by atoms with van der Waals surface area (Å²) < 4.78 is 5.93. The number of benzene rings is 3. The number of rotatable bonds is 2. The van der Waals surface area contributed by atoms with E-state index < -0.39 is 0 Å².